The van der Waals surface area contributed by atoms with Crippen molar-refractivity contribution in [3.8, 4) is 5.75 Å². The lowest BCUT2D eigenvalue weighted by Crippen LogP contribution is -2.13. The van der Waals surface area contributed by atoms with Gasteiger partial charge in [0.1, 0.15) is 29.3 Å². The Balaban J connectivity index is 1.80. The molecule has 0 amide bonds. The van der Waals surface area contributed by atoms with Gasteiger partial charge in [-0.25, -0.2) is 14.4 Å². The highest BCUT2D eigenvalue weighted by Crippen LogP contribution is 2.28. The minimum absolute atomic E-state index is 0.0586. The van der Waals surface area contributed by atoms with Crippen LogP contribution >= 0.6 is 0 Å². The number of halogens is 1. The number of phenols is 1. The number of anilines is 1. The van der Waals surface area contributed by atoms with Gasteiger partial charge in [-0.05, 0) is 48.4 Å². The molecule has 1 aromatic heterocycles. The van der Waals surface area contributed by atoms with E-state index in [1.165, 1.54) is 30.3 Å². The first-order chi connectivity index (χ1) is 13.0. The number of aliphatic hydroxyl groups excluding tert-OH is 1. The normalized spacial score (nSPS) is 14.8. The topological polar surface area (TPSA) is 90.6 Å². The number of rotatable bonds is 3. The molecule has 0 spiro atoms. The maximum absolute atomic E-state index is 13.2. The molecule has 1 aliphatic rings. The van der Waals surface area contributed by atoms with E-state index in [9.17, 15) is 14.6 Å². The molecule has 0 aliphatic carbocycles. The van der Waals surface area contributed by atoms with E-state index >= 15 is 0 Å². The van der Waals surface area contributed by atoms with E-state index in [1.807, 2.05) is 13.0 Å². The van der Waals surface area contributed by atoms with Crippen molar-refractivity contribution in [2.24, 2.45) is 4.99 Å². The highest BCUT2D eigenvalue weighted by molar-refractivity contribution is 6.08. The highest BCUT2D eigenvalue weighted by atomic mass is 19.1. The predicted molar refractivity (Wildman–Crippen MR) is 101 cm³/mol. The molecule has 27 heavy (non-hydrogen) atoms. The Hall–Kier alpha value is -3.32. The van der Waals surface area contributed by atoms with Crippen LogP contribution in [0.25, 0.3) is 10.9 Å². The van der Waals surface area contributed by atoms with Crippen molar-refractivity contribution in [3.05, 3.63) is 71.3 Å². The third kappa shape index (κ3) is 3.50. The van der Waals surface area contributed by atoms with Crippen LogP contribution in [0.15, 0.2) is 59.1 Å². The molecule has 3 N–H and O–H groups in total. The van der Waals surface area contributed by atoms with Crippen LogP contribution in [0.5, 0.6) is 5.75 Å². The van der Waals surface area contributed by atoms with Gasteiger partial charge in [0.05, 0.1) is 12.1 Å². The van der Waals surface area contributed by atoms with Gasteiger partial charge in [-0.15, -0.1) is 0 Å². The number of nitrogens with one attached hydrogen (secondary N) is 1. The largest absolute Gasteiger partial charge is 0.508 e. The Kier molecular flexibility index (Phi) is 4.29. The van der Waals surface area contributed by atoms with Crippen LogP contribution in [0.2, 0.25) is 0 Å². The Labute approximate surface area is 154 Å². The number of aliphatic hydroxyl groups is 1. The van der Waals surface area contributed by atoms with Gasteiger partial charge in [-0.1, -0.05) is 12.1 Å². The number of benzene rings is 2. The zero-order valence-corrected chi connectivity index (χ0v) is 14.5. The summed E-state index contributed by atoms with van der Waals surface area (Å²) >= 11 is 0. The standard InChI is InChI=1S/C20H17FN4O2/c1-11-8-17(22-10-11)24-19-15-7-6-14(26)9-16(15)23-20(25-19)18(27)12-2-4-13(21)5-3-12/h2-9,18,26-27H,10H2,1H3,(H,22,23,24,25). The fourth-order valence-electron chi connectivity index (χ4n) is 2.88. The first-order valence-corrected chi connectivity index (χ1v) is 8.42. The summed E-state index contributed by atoms with van der Waals surface area (Å²) in [5, 5.41) is 24.3. The zero-order valence-electron chi connectivity index (χ0n) is 14.5. The number of nitrogens with zero attached hydrogens (tertiary/aromatic N) is 3. The van der Waals surface area contributed by atoms with Crippen LogP contribution in [-0.2, 0) is 0 Å². The maximum atomic E-state index is 13.2. The van der Waals surface area contributed by atoms with Gasteiger partial charge < -0.3 is 15.5 Å². The van der Waals surface area contributed by atoms with Crippen LogP contribution in [0.1, 0.15) is 24.4 Å². The molecular formula is C20H17FN4O2. The molecule has 3 aromatic rings. The smallest absolute Gasteiger partial charge is 0.164 e. The van der Waals surface area contributed by atoms with E-state index in [2.05, 4.69) is 20.3 Å². The molecular weight excluding hydrogens is 347 g/mol. The van der Waals surface area contributed by atoms with Crippen molar-refractivity contribution in [1.82, 2.24) is 9.97 Å². The Morgan fingerprint density at radius 1 is 1.11 bits per heavy atom. The Morgan fingerprint density at radius 2 is 1.89 bits per heavy atom. The molecule has 136 valence electrons. The van der Waals surface area contributed by atoms with Crippen LogP contribution in [0.4, 0.5) is 10.2 Å². The number of phenolic OH excluding ortho intramolecular Hbond substituents is 1. The first kappa shape index (κ1) is 17.1. The summed E-state index contributed by atoms with van der Waals surface area (Å²) in [6.45, 7) is 2.61. The van der Waals surface area contributed by atoms with Gasteiger partial charge in [0.2, 0.25) is 0 Å². The minimum atomic E-state index is -1.14. The second-order valence-electron chi connectivity index (χ2n) is 6.40. The minimum Gasteiger partial charge on any atom is -0.508 e. The predicted octanol–water partition coefficient (Wildman–Crippen LogP) is 3.33. The van der Waals surface area contributed by atoms with E-state index in [4.69, 9.17) is 0 Å². The molecule has 0 saturated heterocycles. The zero-order chi connectivity index (χ0) is 19.0. The van der Waals surface area contributed by atoms with Gasteiger partial charge in [-0.3, -0.25) is 4.99 Å². The van der Waals surface area contributed by atoms with Gasteiger partial charge in [-0.2, -0.15) is 0 Å². The quantitative estimate of drug-likeness (QED) is 0.663. The molecule has 0 radical (unpaired) electrons. The summed E-state index contributed by atoms with van der Waals surface area (Å²) in [5.41, 5.74) is 2.07. The molecule has 7 heteroatoms. The fraction of sp³-hybridized carbons (Fsp3) is 0.150. The SMILES string of the molecule is CC1=CC(Nc2nc(C(O)c3ccc(F)cc3)nc3cc(O)ccc23)=NC1. The molecule has 6 nitrogen and oxygen atoms in total. The third-order valence-corrected chi connectivity index (χ3v) is 4.26. The molecule has 0 bridgehead atoms. The van der Waals surface area contributed by atoms with Gasteiger partial charge in [0, 0.05) is 11.5 Å². The molecule has 1 atom stereocenters. The van der Waals surface area contributed by atoms with Gasteiger partial charge in [0.25, 0.3) is 0 Å². The summed E-state index contributed by atoms with van der Waals surface area (Å²) in [7, 11) is 0. The average molecular weight is 364 g/mol. The van der Waals surface area contributed by atoms with Crippen molar-refractivity contribution in [2.75, 3.05) is 11.9 Å². The second kappa shape index (κ2) is 6.77. The molecule has 2 heterocycles. The molecule has 4 rings (SSSR count). The van der Waals surface area contributed by atoms with Crippen LogP contribution < -0.4 is 5.32 Å². The lowest BCUT2D eigenvalue weighted by Gasteiger charge is -2.14. The summed E-state index contributed by atoms with van der Waals surface area (Å²) in [6.07, 6.45) is 0.783. The third-order valence-electron chi connectivity index (χ3n) is 4.26. The van der Waals surface area contributed by atoms with Gasteiger partial charge >= 0.3 is 0 Å². The average Bonchev–Trinajstić information content (AvgIpc) is 3.06. The lowest BCUT2D eigenvalue weighted by molar-refractivity contribution is 0.210. The van der Waals surface area contributed by atoms with E-state index in [1.54, 1.807) is 12.1 Å². The second-order valence-corrected chi connectivity index (χ2v) is 6.40. The van der Waals surface area contributed by atoms with Crippen LogP contribution in [0, 0.1) is 5.82 Å². The highest BCUT2D eigenvalue weighted by Gasteiger charge is 2.18. The molecule has 2 aromatic carbocycles. The van der Waals surface area contributed by atoms with Crippen molar-refractivity contribution in [3.63, 3.8) is 0 Å². The van der Waals surface area contributed by atoms with Crippen molar-refractivity contribution >= 4 is 22.6 Å². The molecule has 0 fully saturated rings. The number of aromatic nitrogens is 2. The van der Waals surface area contributed by atoms with Crippen molar-refractivity contribution in [1.29, 1.82) is 0 Å². The fourth-order valence-corrected chi connectivity index (χ4v) is 2.88. The Bertz CT molecular complexity index is 1080. The van der Waals surface area contributed by atoms with Gasteiger partial charge in [0.15, 0.2) is 5.82 Å². The van der Waals surface area contributed by atoms with E-state index in [0.29, 0.717) is 34.7 Å². The van der Waals surface area contributed by atoms with E-state index in [-0.39, 0.29) is 17.4 Å². The Morgan fingerprint density at radius 3 is 2.59 bits per heavy atom. The number of hydrogen-bond donors (Lipinski definition) is 3. The van der Waals surface area contributed by atoms with Crippen LogP contribution in [0.3, 0.4) is 0 Å². The summed E-state index contributed by atoms with van der Waals surface area (Å²) in [6, 6.07) is 10.3. The number of fused-ring (bicyclic) bond motifs is 1. The summed E-state index contributed by atoms with van der Waals surface area (Å²) in [4.78, 5) is 13.2. The number of aliphatic imine (C=N–C) groups is 1. The molecule has 0 saturated carbocycles. The maximum Gasteiger partial charge on any atom is 0.164 e. The first-order valence-electron chi connectivity index (χ1n) is 8.42. The molecule has 1 unspecified atom stereocenters. The summed E-state index contributed by atoms with van der Waals surface area (Å²) in [5.74, 6) is 0.951. The number of hydrogen-bond acceptors (Lipinski definition) is 6. The van der Waals surface area contributed by atoms with E-state index in [0.717, 1.165) is 5.57 Å². The van der Waals surface area contributed by atoms with Crippen LogP contribution in [-0.4, -0.2) is 32.6 Å². The van der Waals surface area contributed by atoms with E-state index < -0.39 is 6.10 Å². The lowest BCUT2D eigenvalue weighted by atomic mass is 10.1. The molecule has 1 aliphatic heterocycles. The monoisotopic (exact) mass is 364 g/mol. The summed E-state index contributed by atoms with van der Waals surface area (Å²) < 4.78 is 13.2. The number of aromatic hydroxyl groups is 1. The number of amidine groups is 1. The van der Waals surface area contributed by atoms with Crippen molar-refractivity contribution in [2.45, 2.75) is 13.0 Å². The van der Waals surface area contributed by atoms with Crippen molar-refractivity contribution < 1.29 is 14.6 Å².